The lowest BCUT2D eigenvalue weighted by Crippen LogP contribution is -2.26. The molecule has 7 heteroatoms. The van der Waals surface area contributed by atoms with Crippen LogP contribution in [0.2, 0.25) is 0 Å². The fourth-order valence-corrected chi connectivity index (χ4v) is 1.52. The van der Waals surface area contributed by atoms with Crippen molar-refractivity contribution in [3.05, 3.63) is 33.9 Å². The molecule has 0 aromatic heterocycles. The summed E-state index contributed by atoms with van der Waals surface area (Å²) in [7, 11) is 0. The Morgan fingerprint density at radius 3 is 2.29 bits per heavy atom. The highest BCUT2D eigenvalue weighted by Crippen LogP contribution is 2.40. The average Bonchev–Trinajstić information content (AvgIpc) is 3.03. The molecular weight excluding hydrogens is 234 g/mol. The van der Waals surface area contributed by atoms with Gasteiger partial charge in [0.25, 0.3) is 5.69 Å². The van der Waals surface area contributed by atoms with E-state index in [1.807, 2.05) is 0 Å². The van der Waals surface area contributed by atoms with Gasteiger partial charge in [-0.05, 0) is 12.8 Å². The Hall–Kier alpha value is -1.76. The molecule has 0 saturated heterocycles. The summed E-state index contributed by atoms with van der Waals surface area (Å²) in [6.45, 7) is -0.233. The lowest BCUT2D eigenvalue weighted by molar-refractivity contribution is -0.385. The number of halogens is 2. The third-order valence-electron chi connectivity index (χ3n) is 2.78. The number of hydrogen-bond donors (Lipinski definition) is 2. The van der Waals surface area contributed by atoms with Crippen LogP contribution in [0.25, 0.3) is 0 Å². The molecule has 1 aliphatic carbocycles. The van der Waals surface area contributed by atoms with Gasteiger partial charge >= 0.3 is 0 Å². The number of rotatable bonds is 4. The molecule has 1 aromatic carbocycles. The maximum Gasteiger partial charge on any atom is 0.275 e. The first-order valence-corrected chi connectivity index (χ1v) is 5.00. The smallest absolute Gasteiger partial charge is 0.275 e. The van der Waals surface area contributed by atoms with Gasteiger partial charge in [0.15, 0.2) is 11.6 Å². The lowest BCUT2D eigenvalue weighted by Gasteiger charge is -2.16. The largest absolute Gasteiger partial charge is 0.394 e. The summed E-state index contributed by atoms with van der Waals surface area (Å²) in [4.78, 5) is 9.52. The molecule has 1 aromatic rings. The third-order valence-corrected chi connectivity index (χ3v) is 2.78. The van der Waals surface area contributed by atoms with Gasteiger partial charge in [-0.2, -0.15) is 0 Å². The summed E-state index contributed by atoms with van der Waals surface area (Å²) in [6, 6.07) is 1.30. The number of nitro groups is 1. The quantitative estimate of drug-likeness (QED) is 0.625. The first-order chi connectivity index (χ1) is 7.97. The predicted molar refractivity (Wildman–Crippen MR) is 55.7 cm³/mol. The van der Waals surface area contributed by atoms with Crippen molar-refractivity contribution in [3.63, 3.8) is 0 Å². The normalized spacial score (nSPS) is 16.6. The second kappa shape index (κ2) is 3.92. The molecule has 1 saturated carbocycles. The zero-order valence-corrected chi connectivity index (χ0v) is 8.74. The van der Waals surface area contributed by atoms with Crippen molar-refractivity contribution in [3.8, 4) is 0 Å². The van der Waals surface area contributed by atoms with Crippen molar-refractivity contribution in [2.75, 3.05) is 11.9 Å². The van der Waals surface area contributed by atoms with Crippen LogP contribution in [-0.2, 0) is 0 Å². The Balaban J connectivity index is 2.32. The minimum atomic E-state index is -1.03. The number of hydrogen-bond acceptors (Lipinski definition) is 4. The van der Waals surface area contributed by atoms with Crippen molar-refractivity contribution < 1.29 is 18.8 Å². The number of anilines is 1. The van der Waals surface area contributed by atoms with E-state index in [9.17, 15) is 18.9 Å². The summed E-state index contributed by atoms with van der Waals surface area (Å²) >= 11 is 0. The third kappa shape index (κ3) is 2.19. The number of aliphatic hydroxyl groups is 1. The van der Waals surface area contributed by atoms with Gasteiger partial charge < -0.3 is 10.4 Å². The maximum atomic E-state index is 13.5. The fraction of sp³-hybridized carbons (Fsp3) is 0.400. The minimum Gasteiger partial charge on any atom is -0.394 e. The number of benzene rings is 1. The molecule has 0 bridgehead atoms. The number of non-ortho nitro benzene ring substituents is 1. The molecule has 1 fully saturated rings. The van der Waals surface area contributed by atoms with Crippen molar-refractivity contribution in [1.29, 1.82) is 0 Å². The first-order valence-electron chi connectivity index (χ1n) is 5.00. The van der Waals surface area contributed by atoms with E-state index in [-0.39, 0.29) is 6.61 Å². The monoisotopic (exact) mass is 244 g/mol. The summed E-state index contributed by atoms with van der Waals surface area (Å²) in [5.74, 6) is -2.06. The van der Waals surface area contributed by atoms with E-state index in [2.05, 4.69) is 5.32 Å². The fourth-order valence-electron chi connectivity index (χ4n) is 1.52. The molecule has 0 amide bonds. The van der Waals surface area contributed by atoms with Crippen LogP contribution in [0.1, 0.15) is 12.8 Å². The summed E-state index contributed by atoms with van der Waals surface area (Å²) in [6.07, 6.45) is 1.22. The number of nitrogens with zero attached hydrogens (tertiary/aromatic N) is 1. The second-order valence-electron chi connectivity index (χ2n) is 4.10. The van der Waals surface area contributed by atoms with Gasteiger partial charge in [-0.3, -0.25) is 10.1 Å². The predicted octanol–water partition coefficient (Wildman–Crippen LogP) is 1.81. The lowest BCUT2D eigenvalue weighted by atomic mass is 10.2. The van der Waals surface area contributed by atoms with Gasteiger partial charge in [0.05, 0.1) is 29.2 Å². The van der Waals surface area contributed by atoms with E-state index in [1.54, 1.807) is 0 Å². The standard InChI is InChI=1S/C10H10F2N2O3/c11-7-3-6(14(16)17)4-8(12)9(7)13-10(5-15)1-2-10/h3-4,13,15H,1-2,5H2. The van der Waals surface area contributed by atoms with Gasteiger partial charge in [-0.25, -0.2) is 8.78 Å². The summed E-state index contributed by atoms with van der Waals surface area (Å²) < 4.78 is 27.0. The molecular formula is C10H10F2N2O3. The van der Waals surface area contributed by atoms with Gasteiger partial charge in [0.2, 0.25) is 0 Å². The van der Waals surface area contributed by atoms with E-state index in [4.69, 9.17) is 5.11 Å². The van der Waals surface area contributed by atoms with Crippen LogP contribution >= 0.6 is 0 Å². The first kappa shape index (κ1) is 11.7. The van der Waals surface area contributed by atoms with E-state index in [1.165, 1.54) is 0 Å². The van der Waals surface area contributed by atoms with E-state index in [0.717, 1.165) is 0 Å². The molecule has 1 aliphatic rings. The highest BCUT2D eigenvalue weighted by Gasteiger charge is 2.43. The minimum absolute atomic E-state index is 0.233. The van der Waals surface area contributed by atoms with Crippen LogP contribution in [0.5, 0.6) is 0 Å². The van der Waals surface area contributed by atoms with Crippen molar-refractivity contribution in [2.24, 2.45) is 0 Å². The molecule has 0 radical (unpaired) electrons. The zero-order chi connectivity index (χ0) is 12.6. The second-order valence-corrected chi connectivity index (χ2v) is 4.10. The van der Waals surface area contributed by atoms with E-state index in [0.29, 0.717) is 25.0 Å². The number of nitrogens with one attached hydrogen (secondary N) is 1. The molecule has 5 nitrogen and oxygen atoms in total. The van der Waals surface area contributed by atoms with Crippen LogP contribution < -0.4 is 5.32 Å². The zero-order valence-electron chi connectivity index (χ0n) is 8.74. The summed E-state index contributed by atoms with van der Waals surface area (Å²) in [5.41, 5.74) is -1.75. The van der Waals surface area contributed by atoms with Crippen molar-refractivity contribution in [1.82, 2.24) is 0 Å². The Morgan fingerprint density at radius 2 is 1.94 bits per heavy atom. The number of nitro benzene ring substituents is 1. The molecule has 0 unspecified atom stereocenters. The molecule has 0 aliphatic heterocycles. The van der Waals surface area contributed by atoms with Gasteiger partial charge in [-0.1, -0.05) is 0 Å². The average molecular weight is 244 g/mol. The van der Waals surface area contributed by atoms with Crippen LogP contribution in [0.15, 0.2) is 12.1 Å². The van der Waals surface area contributed by atoms with Crippen molar-refractivity contribution >= 4 is 11.4 Å². The van der Waals surface area contributed by atoms with E-state index >= 15 is 0 Å². The van der Waals surface area contributed by atoms with Gasteiger partial charge in [-0.15, -0.1) is 0 Å². The molecule has 0 heterocycles. The molecule has 2 N–H and O–H groups in total. The van der Waals surface area contributed by atoms with Gasteiger partial charge in [0.1, 0.15) is 5.69 Å². The number of aliphatic hydroxyl groups excluding tert-OH is 1. The van der Waals surface area contributed by atoms with Crippen molar-refractivity contribution in [2.45, 2.75) is 18.4 Å². The highest BCUT2D eigenvalue weighted by molar-refractivity contribution is 5.54. The molecule has 17 heavy (non-hydrogen) atoms. The molecule has 2 rings (SSSR count). The molecule has 0 spiro atoms. The molecule has 0 atom stereocenters. The SMILES string of the molecule is O=[N+]([O-])c1cc(F)c(NC2(CO)CC2)c(F)c1. The van der Waals surface area contributed by atoms with Crippen LogP contribution in [0, 0.1) is 21.7 Å². The van der Waals surface area contributed by atoms with E-state index < -0.39 is 33.5 Å². The molecule has 92 valence electrons. The Morgan fingerprint density at radius 1 is 1.41 bits per heavy atom. The topological polar surface area (TPSA) is 75.4 Å². The Labute approximate surface area is 95.2 Å². The summed E-state index contributed by atoms with van der Waals surface area (Å²) in [5, 5.41) is 22.0. The van der Waals surface area contributed by atoms with Crippen LogP contribution in [0.3, 0.4) is 0 Å². The Kier molecular flexibility index (Phi) is 2.70. The highest BCUT2D eigenvalue weighted by atomic mass is 19.1. The van der Waals surface area contributed by atoms with Crippen LogP contribution in [0.4, 0.5) is 20.2 Å². The Bertz CT molecular complexity index is 452. The maximum absolute atomic E-state index is 13.5. The van der Waals surface area contributed by atoms with Gasteiger partial charge in [0, 0.05) is 0 Å². The van der Waals surface area contributed by atoms with Crippen LogP contribution in [-0.4, -0.2) is 22.2 Å².